The lowest BCUT2D eigenvalue weighted by atomic mass is 10.2. The number of anilines is 4. The van der Waals surface area contributed by atoms with E-state index in [1.54, 1.807) is 5.32 Å². The Kier molecular flexibility index (Phi) is 4.85. The third-order valence-corrected chi connectivity index (χ3v) is 3.66. The Morgan fingerprint density at radius 3 is 2.22 bits per heavy atom. The predicted molar refractivity (Wildman–Crippen MR) is 98.3 cm³/mol. The number of para-hydroxylation sites is 1. The Balaban J connectivity index is 1.82. The van der Waals surface area contributed by atoms with Crippen LogP contribution in [-0.4, -0.2) is 36.1 Å². The van der Waals surface area contributed by atoms with Crippen LogP contribution in [0.15, 0.2) is 48.5 Å². The Bertz CT molecular complexity index is 971. The van der Waals surface area contributed by atoms with Gasteiger partial charge in [-0.05, 0) is 36.4 Å². The molecule has 0 aliphatic carbocycles. The van der Waals surface area contributed by atoms with Gasteiger partial charge in [0.25, 0.3) is 0 Å². The van der Waals surface area contributed by atoms with E-state index < -0.39 is 12.1 Å². The van der Waals surface area contributed by atoms with E-state index in [0.29, 0.717) is 11.6 Å². The first-order chi connectivity index (χ1) is 12.7. The minimum absolute atomic E-state index is 0.0382. The average Bonchev–Trinajstić information content (AvgIpc) is 2.61. The van der Waals surface area contributed by atoms with E-state index in [4.69, 9.17) is 0 Å². The maximum absolute atomic E-state index is 12.3. The van der Waals surface area contributed by atoms with Gasteiger partial charge in [-0.25, -0.2) is 4.98 Å². The number of nitrogens with zero attached hydrogens (tertiary/aromatic N) is 3. The van der Waals surface area contributed by atoms with E-state index in [9.17, 15) is 18.0 Å². The van der Waals surface area contributed by atoms with Gasteiger partial charge in [-0.3, -0.25) is 4.79 Å². The minimum Gasteiger partial charge on any atom is -0.362 e. The summed E-state index contributed by atoms with van der Waals surface area (Å²) in [6.45, 7) is 0. The number of hydrogen-bond donors (Lipinski definition) is 2. The lowest BCUT2D eigenvalue weighted by Crippen LogP contribution is -2.29. The van der Waals surface area contributed by atoms with Crippen molar-refractivity contribution in [2.45, 2.75) is 6.18 Å². The Morgan fingerprint density at radius 1 is 0.963 bits per heavy atom. The van der Waals surface area contributed by atoms with Crippen LogP contribution in [0.25, 0.3) is 10.9 Å². The monoisotopic (exact) mass is 375 g/mol. The molecule has 0 aliphatic heterocycles. The number of fused-ring (bicyclic) bond motifs is 1. The number of halogens is 3. The highest BCUT2D eigenvalue weighted by atomic mass is 19.4. The molecule has 1 aromatic heterocycles. The third kappa shape index (κ3) is 4.25. The topological polar surface area (TPSA) is 70.2 Å². The number of carbonyl (C=O) groups excluding carboxylic acids is 1. The summed E-state index contributed by atoms with van der Waals surface area (Å²) in [4.78, 5) is 21.8. The van der Waals surface area contributed by atoms with Gasteiger partial charge < -0.3 is 15.5 Å². The van der Waals surface area contributed by atoms with Crippen molar-refractivity contribution < 1.29 is 18.0 Å². The van der Waals surface area contributed by atoms with Crippen molar-refractivity contribution in [2.24, 2.45) is 0 Å². The van der Waals surface area contributed by atoms with Crippen LogP contribution in [-0.2, 0) is 4.79 Å². The summed E-state index contributed by atoms with van der Waals surface area (Å²) in [6.07, 6.45) is -4.93. The summed E-state index contributed by atoms with van der Waals surface area (Å²) in [5.41, 5.74) is 1.36. The van der Waals surface area contributed by atoms with E-state index in [1.807, 2.05) is 43.3 Å². The zero-order valence-electron chi connectivity index (χ0n) is 14.5. The first kappa shape index (κ1) is 18.4. The van der Waals surface area contributed by atoms with Gasteiger partial charge in [-0.1, -0.05) is 12.1 Å². The maximum Gasteiger partial charge on any atom is 0.471 e. The predicted octanol–water partition coefficient (Wildman–Crippen LogP) is 3.94. The summed E-state index contributed by atoms with van der Waals surface area (Å²) >= 11 is 0. The average molecular weight is 375 g/mol. The van der Waals surface area contributed by atoms with Gasteiger partial charge in [0.05, 0.1) is 5.52 Å². The Morgan fingerprint density at radius 2 is 1.59 bits per heavy atom. The molecule has 0 fully saturated rings. The summed E-state index contributed by atoms with van der Waals surface area (Å²) in [6, 6.07) is 13.3. The van der Waals surface area contributed by atoms with Crippen LogP contribution in [0.3, 0.4) is 0 Å². The van der Waals surface area contributed by atoms with Crippen LogP contribution in [0.1, 0.15) is 0 Å². The van der Waals surface area contributed by atoms with E-state index in [0.717, 1.165) is 16.7 Å². The molecule has 0 unspecified atom stereocenters. The SMILES string of the molecule is CN(C)c1nc(Nc2ccc(NC(=O)C(F)(F)F)cc2)nc2ccccc12. The van der Waals surface area contributed by atoms with Crippen molar-refractivity contribution >= 4 is 40.0 Å². The number of carbonyl (C=O) groups is 1. The molecule has 0 spiro atoms. The molecular formula is C18H16F3N5O. The number of alkyl halides is 3. The summed E-state index contributed by atoms with van der Waals surface area (Å²) in [5.74, 6) is -0.932. The highest BCUT2D eigenvalue weighted by molar-refractivity contribution is 5.95. The number of hydrogen-bond acceptors (Lipinski definition) is 5. The molecule has 2 aromatic carbocycles. The second kappa shape index (κ2) is 7.10. The van der Waals surface area contributed by atoms with Gasteiger partial charge in [0.15, 0.2) is 0 Å². The van der Waals surface area contributed by atoms with Crippen molar-refractivity contribution in [2.75, 3.05) is 29.6 Å². The minimum atomic E-state index is -4.93. The first-order valence-electron chi connectivity index (χ1n) is 7.93. The van der Waals surface area contributed by atoms with Crippen LogP contribution in [0.5, 0.6) is 0 Å². The number of amides is 1. The van der Waals surface area contributed by atoms with E-state index in [-0.39, 0.29) is 5.69 Å². The summed E-state index contributed by atoms with van der Waals surface area (Å²) in [5, 5.41) is 5.71. The van der Waals surface area contributed by atoms with Gasteiger partial charge in [0.1, 0.15) is 5.82 Å². The molecule has 2 N–H and O–H groups in total. The van der Waals surface area contributed by atoms with Crippen LogP contribution < -0.4 is 15.5 Å². The summed E-state index contributed by atoms with van der Waals surface area (Å²) in [7, 11) is 3.74. The Hall–Kier alpha value is -3.36. The fourth-order valence-electron chi connectivity index (χ4n) is 2.42. The van der Waals surface area contributed by atoms with Crippen LogP contribution in [0, 0.1) is 0 Å². The number of benzene rings is 2. The molecule has 0 aliphatic rings. The van der Waals surface area contributed by atoms with Crippen molar-refractivity contribution in [1.29, 1.82) is 0 Å². The molecule has 1 heterocycles. The maximum atomic E-state index is 12.3. The molecule has 1 amide bonds. The molecule has 140 valence electrons. The number of aromatic nitrogens is 2. The molecule has 0 saturated carbocycles. The zero-order chi connectivity index (χ0) is 19.6. The zero-order valence-corrected chi connectivity index (χ0v) is 14.5. The molecule has 3 rings (SSSR count). The lowest BCUT2D eigenvalue weighted by molar-refractivity contribution is -0.167. The quantitative estimate of drug-likeness (QED) is 0.723. The molecular weight excluding hydrogens is 359 g/mol. The van der Waals surface area contributed by atoms with E-state index in [1.165, 1.54) is 24.3 Å². The molecule has 0 saturated heterocycles. The normalized spacial score (nSPS) is 11.3. The second-order valence-electron chi connectivity index (χ2n) is 5.94. The first-order valence-corrected chi connectivity index (χ1v) is 7.93. The van der Waals surface area contributed by atoms with E-state index in [2.05, 4.69) is 15.3 Å². The van der Waals surface area contributed by atoms with Crippen molar-refractivity contribution in [3.63, 3.8) is 0 Å². The second-order valence-corrected chi connectivity index (χ2v) is 5.94. The van der Waals surface area contributed by atoms with Crippen LogP contribution in [0.4, 0.5) is 36.3 Å². The highest BCUT2D eigenvalue weighted by Gasteiger charge is 2.38. The van der Waals surface area contributed by atoms with Crippen LogP contribution in [0.2, 0.25) is 0 Å². The molecule has 3 aromatic rings. The molecule has 27 heavy (non-hydrogen) atoms. The summed E-state index contributed by atoms with van der Waals surface area (Å²) < 4.78 is 36.9. The Labute approximate surface area is 153 Å². The van der Waals surface area contributed by atoms with Gasteiger partial charge >= 0.3 is 12.1 Å². The van der Waals surface area contributed by atoms with Gasteiger partial charge in [-0.15, -0.1) is 0 Å². The molecule has 0 atom stereocenters. The molecule has 0 radical (unpaired) electrons. The number of rotatable bonds is 4. The highest BCUT2D eigenvalue weighted by Crippen LogP contribution is 2.26. The lowest BCUT2D eigenvalue weighted by Gasteiger charge is -2.16. The molecule has 9 heteroatoms. The molecule has 6 nitrogen and oxygen atoms in total. The smallest absolute Gasteiger partial charge is 0.362 e. The fourth-order valence-corrected chi connectivity index (χ4v) is 2.42. The van der Waals surface area contributed by atoms with Crippen molar-refractivity contribution in [1.82, 2.24) is 9.97 Å². The van der Waals surface area contributed by atoms with Crippen molar-refractivity contribution in [3.8, 4) is 0 Å². The largest absolute Gasteiger partial charge is 0.471 e. The van der Waals surface area contributed by atoms with Gasteiger partial charge in [-0.2, -0.15) is 18.2 Å². The molecule has 0 bridgehead atoms. The fraction of sp³-hybridized carbons (Fsp3) is 0.167. The van der Waals surface area contributed by atoms with Crippen LogP contribution >= 0.6 is 0 Å². The van der Waals surface area contributed by atoms with Gasteiger partial charge in [0.2, 0.25) is 5.95 Å². The third-order valence-electron chi connectivity index (χ3n) is 3.66. The van der Waals surface area contributed by atoms with Gasteiger partial charge in [0, 0.05) is 30.9 Å². The van der Waals surface area contributed by atoms with Crippen molar-refractivity contribution in [3.05, 3.63) is 48.5 Å². The van der Waals surface area contributed by atoms with E-state index >= 15 is 0 Å². The number of nitrogens with one attached hydrogen (secondary N) is 2. The standard InChI is InChI=1S/C18H16F3N5O/c1-26(2)15-13-5-3-4-6-14(13)24-17(25-15)23-12-9-7-11(8-10-12)22-16(27)18(19,20)21/h3-10H,1-2H3,(H,22,27)(H,23,24,25).